The standard InChI is InChI=1S/C15H17N3O2/c1-8-7-16-6-5-12(8)14-17-10(3)13(11(4)18-14)9(2)15(19)20/h5-7,9H,1-4H3,(H,19,20). The van der Waals surface area contributed by atoms with Crippen molar-refractivity contribution in [2.24, 2.45) is 0 Å². The zero-order valence-corrected chi connectivity index (χ0v) is 12.0. The van der Waals surface area contributed by atoms with E-state index in [2.05, 4.69) is 15.0 Å². The first kappa shape index (κ1) is 14.1. The van der Waals surface area contributed by atoms with Crippen LogP contribution in [-0.4, -0.2) is 26.0 Å². The van der Waals surface area contributed by atoms with Crippen molar-refractivity contribution in [1.29, 1.82) is 0 Å². The second kappa shape index (κ2) is 5.36. The molecule has 1 unspecified atom stereocenters. The topological polar surface area (TPSA) is 76.0 Å². The van der Waals surface area contributed by atoms with Crippen molar-refractivity contribution in [2.75, 3.05) is 0 Å². The number of carboxylic acids is 1. The van der Waals surface area contributed by atoms with Gasteiger partial charge in [-0.05, 0) is 39.3 Å². The van der Waals surface area contributed by atoms with Crippen molar-refractivity contribution in [2.45, 2.75) is 33.6 Å². The van der Waals surface area contributed by atoms with Crippen LogP contribution in [0.2, 0.25) is 0 Å². The fourth-order valence-corrected chi connectivity index (χ4v) is 2.32. The number of carboxylic acid groups (broad SMARTS) is 1. The summed E-state index contributed by atoms with van der Waals surface area (Å²) in [6.45, 7) is 7.25. The number of aromatic nitrogens is 3. The van der Waals surface area contributed by atoms with Crippen molar-refractivity contribution in [1.82, 2.24) is 15.0 Å². The Hall–Kier alpha value is -2.30. The monoisotopic (exact) mass is 271 g/mol. The first-order valence-corrected chi connectivity index (χ1v) is 6.40. The van der Waals surface area contributed by atoms with Crippen molar-refractivity contribution in [3.8, 4) is 11.4 Å². The second-order valence-electron chi connectivity index (χ2n) is 4.88. The predicted molar refractivity (Wildman–Crippen MR) is 75.5 cm³/mol. The van der Waals surface area contributed by atoms with Gasteiger partial charge in [-0.1, -0.05) is 0 Å². The third-order valence-corrected chi connectivity index (χ3v) is 3.39. The van der Waals surface area contributed by atoms with Crippen LogP contribution in [0.25, 0.3) is 11.4 Å². The van der Waals surface area contributed by atoms with Crippen LogP contribution in [-0.2, 0) is 4.79 Å². The van der Waals surface area contributed by atoms with Crippen molar-refractivity contribution in [3.63, 3.8) is 0 Å². The molecule has 2 heterocycles. The molecule has 0 aromatic carbocycles. The molecule has 0 bridgehead atoms. The molecule has 2 rings (SSSR count). The third-order valence-electron chi connectivity index (χ3n) is 3.39. The van der Waals surface area contributed by atoms with Gasteiger partial charge in [-0.25, -0.2) is 9.97 Å². The molecule has 20 heavy (non-hydrogen) atoms. The molecule has 0 aliphatic rings. The Morgan fingerprint density at radius 2 is 1.80 bits per heavy atom. The number of carbonyl (C=O) groups is 1. The molecule has 0 saturated heterocycles. The Balaban J connectivity index is 2.56. The predicted octanol–water partition coefficient (Wildman–Crippen LogP) is 2.65. The Bertz CT molecular complexity index is 645. The molecule has 5 nitrogen and oxygen atoms in total. The molecule has 0 radical (unpaired) electrons. The normalized spacial score (nSPS) is 12.2. The Morgan fingerprint density at radius 3 is 2.30 bits per heavy atom. The second-order valence-corrected chi connectivity index (χ2v) is 4.88. The molecule has 0 aliphatic carbocycles. The number of rotatable bonds is 3. The van der Waals surface area contributed by atoms with E-state index in [-0.39, 0.29) is 0 Å². The summed E-state index contributed by atoms with van der Waals surface area (Å²) in [7, 11) is 0. The van der Waals surface area contributed by atoms with Crippen molar-refractivity contribution < 1.29 is 9.90 Å². The first-order valence-electron chi connectivity index (χ1n) is 6.40. The number of hydrogen-bond acceptors (Lipinski definition) is 4. The van der Waals surface area contributed by atoms with Crippen LogP contribution in [0, 0.1) is 20.8 Å². The molecule has 2 aromatic rings. The highest BCUT2D eigenvalue weighted by Crippen LogP contribution is 2.25. The molecular weight excluding hydrogens is 254 g/mol. The Morgan fingerprint density at radius 1 is 1.20 bits per heavy atom. The molecule has 5 heteroatoms. The summed E-state index contributed by atoms with van der Waals surface area (Å²) in [6, 6.07) is 1.86. The maximum atomic E-state index is 11.1. The summed E-state index contributed by atoms with van der Waals surface area (Å²) < 4.78 is 0. The van der Waals surface area contributed by atoms with Gasteiger partial charge in [0.1, 0.15) is 0 Å². The smallest absolute Gasteiger partial charge is 0.310 e. The number of nitrogens with zero attached hydrogens (tertiary/aromatic N) is 3. The minimum Gasteiger partial charge on any atom is -0.481 e. The zero-order chi connectivity index (χ0) is 14.9. The van der Waals surface area contributed by atoms with Crippen LogP contribution < -0.4 is 0 Å². The van der Waals surface area contributed by atoms with E-state index >= 15 is 0 Å². The number of pyridine rings is 1. The fourth-order valence-electron chi connectivity index (χ4n) is 2.32. The van der Waals surface area contributed by atoms with E-state index in [1.165, 1.54) is 0 Å². The highest BCUT2D eigenvalue weighted by atomic mass is 16.4. The van der Waals surface area contributed by atoms with Gasteiger partial charge in [-0.2, -0.15) is 0 Å². The lowest BCUT2D eigenvalue weighted by Gasteiger charge is -2.14. The van der Waals surface area contributed by atoms with Gasteiger partial charge >= 0.3 is 5.97 Å². The van der Waals surface area contributed by atoms with Crippen molar-refractivity contribution >= 4 is 5.97 Å². The van der Waals surface area contributed by atoms with Gasteiger partial charge in [0.05, 0.1) is 5.92 Å². The van der Waals surface area contributed by atoms with Gasteiger partial charge in [-0.15, -0.1) is 0 Å². The maximum absolute atomic E-state index is 11.1. The lowest BCUT2D eigenvalue weighted by molar-refractivity contribution is -0.138. The van der Waals surface area contributed by atoms with Gasteiger partial charge in [0.15, 0.2) is 5.82 Å². The Labute approximate surface area is 117 Å². The van der Waals surface area contributed by atoms with Gasteiger partial charge in [0, 0.05) is 34.9 Å². The van der Waals surface area contributed by atoms with Gasteiger partial charge < -0.3 is 5.11 Å². The van der Waals surface area contributed by atoms with E-state index in [0.717, 1.165) is 11.1 Å². The van der Waals surface area contributed by atoms with Gasteiger partial charge in [0.2, 0.25) is 0 Å². The van der Waals surface area contributed by atoms with Crippen LogP contribution in [0.4, 0.5) is 0 Å². The number of aryl methyl sites for hydroxylation is 3. The summed E-state index contributed by atoms with van der Waals surface area (Å²) in [5, 5.41) is 9.15. The SMILES string of the molecule is Cc1cnccc1-c1nc(C)c(C(C)C(=O)O)c(C)n1. The Kier molecular flexibility index (Phi) is 3.79. The number of aliphatic carboxylic acids is 1. The molecule has 0 aliphatic heterocycles. The average Bonchev–Trinajstić information content (AvgIpc) is 2.38. The van der Waals surface area contributed by atoms with E-state index < -0.39 is 11.9 Å². The molecule has 0 saturated carbocycles. The zero-order valence-electron chi connectivity index (χ0n) is 12.0. The molecular formula is C15H17N3O2. The first-order chi connectivity index (χ1) is 9.41. The fraction of sp³-hybridized carbons (Fsp3) is 0.333. The summed E-state index contributed by atoms with van der Waals surface area (Å²) in [4.78, 5) is 24.1. The van der Waals surface area contributed by atoms with Crippen LogP contribution in [0.15, 0.2) is 18.5 Å². The maximum Gasteiger partial charge on any atom is 0.310 e. The number of hydrogen-bond donors (Lipinski definition) is 1. The van der Waals surface area contributed by atoms with Gasteiger partial charge in [0.25, 0.3) is 0 Å². The van der Waals surface area contributed by atoms with Gasteiger partial charge in [-0.3, -0.25) is 9.78 Å². The van der Waals surface area contributed by atoms with E-state index in [1.807, 2.05) is 26.8 Å². The molecule has 0 amide bonds. The lowest BCUT2D eigenvalue weighted by Crippen LogP contribution is -2.13. The molecule has 104 valence electrons. The van der Waals surface area contributed by atoms with E-state index in [4.69, 9.17) is 5.11 Å². The van der Waals surface area contributed by atoms with Crippen LogP contribution in [0.1, 0.15) is 35.4 Å². The van der Waals surface area contributed by atoms with E-state index in [0.29, 0.717) is 22.8 Å². The highest BCUT2D eigenvalue weighted by Gasteiger charge is 2.21. The quantitative estimate of drug-likeness (QED) is 0.928. The molecule has 1 N–H and O–H groups in total. The van der Waals surface area contributed by atoms with E-state index in [9.17, 15) is 4.79 Å². The largest absolute Gasteiger partial charge is 0.481 e. The highest BCUT2D eigenvalue weighted by molar-refractivity contribution is 5.76. The third kappa shape index (κ3) is 2.52. The van der Waals surface area contributed by atoms with Crippen molar-refractivity contribution in [3.05, 3.63) is 41.0 Å². The summed E-state index contributed by atoms with van der Waals surface area (Å²) in [6.07, 6.45) is 3.46. The summed E-state index contributed by atoms with van der Waals surface area (Å²) >= 11 is 0. The van der Waals surface area contributed by atoms with Crippen LogP contribution in [0.3, 0.4) is 0 Å². The molecule has 1 atom stereocenters. The van der Waals surface area contributed by atoms with Crippen LogP contribution in [0.5, 0.6) is 0 Å². The average molecular weight is 271 g/mol. The molecule has 0 spiro atoms. The summed E-state index contributed by atoms with van der Waals surface area (Å²) in [5.41, 5.74) is 4.01. The minimum atomic E-state index is -0.868. The molecule has 0 fully saturated rings. The van der Waals surface area contributed by atoms with Crippen LogP contribution >= 0.6 is 0 Å². The summed E-state index contributed by atoms with van der Waals surface area (Å²) in [5.74, 6) is -0.864. The van der Waals surface area contributed by atoms with E-state index in [1.54, 1.807) is 19.3 Å². The lowest BCUT2D eigenvalue weighted by atomic mass is 9.98. The molecule has 2 aromatic heterocycles. The minimum absolute atomic E-state index is 0.609.